The molecule has 1 atom stereocenters. The first-order chi connectivity index (χ1) is 11.3. The molecular formula is C20H27N3O. The Labute approximate surface area is 143 Å². The third kappa shape index (κ3) is 3.54. The number of benzene rings is 1. The van der Waals surface area contributed by atoms with Crippen LogP contribution in [-0.2, 0) is 4.79 Å². The van der Waals surface area contributed by atoms with E-state index in [1.54, 1.807) is 0 Å². The van der Waals surface area contributed by atoms with Gasteiger partial charge < -0.3 is 10.3 Å². The van der Waals surface area contributed by atoms with E-state index in [1.807, 2.05) is 27.7 Å². The number of fused-ring (bicyclic) bond motifs is 1. The average Bonchev–Trinajstić information content (AvgIpc) is 2.97. The van der Waals surface area contributed by atoms with Crippen LogP contribution in [0.25, 0.3) is 16.5 Å². The van der Waals surface area contributed by atoms with Crippen molar-refractivity contribution in [1.29, 1.82) is 0 Å². The maximum atomic E-state index is 12.4. The Morgan fingerprint density at radius 1 is 1.29 bits per heavy atom. The number of nitrogens with one attached hydrogen (secondary N) is 2. The summed E-state index contributed by atoms with van der Waals surface area (Å²) in [5.41, 5.74) is 3.64. The molecule has 4 heteroatoms. The maximum absolute atomic E-state index is 12.4. The third-order valence-electron chi connectivity index (χ3n) is 4.60. The van der Waals surface area contributed by atoms with Crippen molar-refractivity contribution in [1.82, 2.24) is 15.2 Å². The minimum absolute atomic E-state index is 0.103. The van der Waals surface area contributed by atoms with Crippen LogP contribution in [-0.4, -0.2) is 40.5 Å². The monoisotopic (exact) mass is 325 g/mol. The van der Waals surface area contributed by atoms with Gasteiger partial charge >= 0.3 is 0 Å². The van der Waals surface area contributed by atoms with E-state index in [1.165, 1.54) is 22.0 Å². The molecule has 24 heavy (non-hydrogen) atoms. The Balaban J connectivity index is 1.71. The van der Waals surface area contributed by atoms with E-state index in [4.69, 9.17) is 0 Å². The molecule has 0 fully saturated rings. The van der Waals surface area contributed by atoms with Gasteiger partial charge in [-0.1, -0.05) is 24.3 Å². The molecule has 1 aromatic carbocycles. The first-order valence-corrected chi connectivity index (χ1v) is 8.67. The summed E-state index contributed by atoms with van der Waals surface area (Å²) in [6.45, 7) is 9.76. The highest BCUT2D eigenvalue weighted by Crippen LogP contribution is 2.29. The number of rotatable bonds is 3. The zero-order valence-electron chi connectivity index (χ0n) is 15.0. The number of amides is 1. The molecule has 3 rings (SSSR count). The van der Waals surface area contributed by atoms with Crippen molar-refractivity contribution in [3.05, 3.63) is 42.1 Å². The van der Waals surface area contributed by atoms with Crippen molar-refractivity contribution < 1.29 is 4.79 Å². The molecule has 1 amide bonds. The number of carbonyl (C=O) groups excluding carboxylic acids is 1. The fourth-order valence-electron chi connectivity index (χ4n) is 3.26. The second-order valence-corrected chi connectivity index (χ2v) is 7.64. The van der Waals surface area contributed by atoms with Gasteiger partial charge in [0.25, 0.3) is 0 Å². The summed E-state index contributed by atoms with van der Waals surface area (Å²) in [4.78, 5) is 17.9. The summed E-state index contributed by atoms with van der Waals surface area (Å²) in [6, 6.07) is 8.29. The standard InChI is InChI=1S/C20H27N3O/c1-14(19(24)22-20(2,3)4)23-11-9-15(10-12-23)17-13-21-18-8-6-5-7-16(17)18/h5-9,13-14,21H,10-12H2,1-4H3,(H,22,24). The number of aromatic amines is 1. The topological polar surface area (TPSA) is 48.1 Å². The molecule has 0 saturated carbocycles. The number of nitrogens with zero attached hydrogens (tertiary/aromatic N) is 1. The third-order valence-corrected chi connectivity index (χ3v) is 4.60. The van der Waals surface area contributed by atoms with Crippen molar-refractivity contribution in [3.8, 4) is 0 Å². The molecular weight excluding hydrogens is 298 g/mol. The number of aromatic nitrogens is 1. The molecule has 128 valence electrons. The summed E-state index contributed by atoms with van der Waals surface area (Å²) >= 11 is 0. The predicted molar refractivity (Wildman–Crippen MR) is 99.8 cm³/mol. The molecule has 1 aliphatic heterocycles. The number of hydrogen-bond donors (Lipinski definition) is 2. The quantitative estimate of drug-likeness (QED) is 0.906. The van der Waals surface area contributed by atoms with Gasteiger partial charge in [-0.25, -0.2) is 0 Å². The molecule has 0 aliphatic carbocycles. The highest BCUT2D eigenvalue weighted by atomic mass is 16.2. The van der Waals surface area contributed by atoms with Crippen molar-refractivity contribution in [2.45, 2.75) is 45.7 Å². The first kappa shape index (κ1) is 16.8. The van der Waals surface area contributed by atoms with Crippen LogP contribution in [0.5, 0.6) is 0 Å². The van der Waals surface area contributed by atoms with Crippen LogP contribution >= 0.6 is 0 Å². The number of para-hydroxylation sites is 1. The molecule has 1 aliphatic rings. The largest absolute Gasteiger partial charge is 0.361 e. The van der Waals surface area contributed by atoms with E-state index < -0.39 is 0 Å². The highest BCUT2D eigenvalue weighted by Gasteiger charge is 2.26. The summed E-state index contributed by atoms with van der Waals surface area (Å²) in [6.07, 6.45) is 5.33. The van der Waals surface area contributed by atoms with Crippen molar-refractivity contribution in [2.75, 3.05) is 13.1 Å². The van der Waals surface area contributed by atoms with E-state index in [0.29, 0.717) is 0 Å². The van der Waals surface area contributed by atoms with E-state index in [0.717, 1.165) is 19.5 Å². The van der Waals surface area contributed by atoms with Crippen LogP contribution < -0.4 is 5.32 Å². The van der Waals surface area contributed by atoms with Crippen LogP contribution in [0.15, 0.2) is 36.5 Å². The molecule has 2 N–H and O–H groups in total. The molecule has 1 aromatic heterocycles. The zero-order valence-corrected chi connectivity index (χ0v) is 15.0. The van der Waals surface area contributed by atoms with Crippen molar-refractivity contribution in [2.24, 2.45) is 0 Å². The molecule has 2 heterocycles. The lowest BCUT2D eigenvalue weighted by Crippen LogP contribution is -2.51. The summed E-state index contributed by atoms with van der Waals surface area (Å²) in [5, 5.41) is 4.35. The van der Waals surface area contributed by atoms with Gasteiger partial charge in [0.1, 0.15) is 0 Å². The Morgan fingerprint density at radius 3 is 2.71 bits per heavy atom. The van der Waals surface area contributed by atoms with E-state index in [9.17, 15) is 4.79 Å². The van der Waals surface area contributed by atoms with Gasteiger partial charge in [-0.3, -0.25) is 9.69 Å². The average molecular weight is 325 g/mol. The first-order valence-electron chi connectivity index (χ1n) is 8.67. The predicted octanol–water partition coefficient (Wildman–Crippen LogP) is 3.56. The molecule has 0 bridgehead atoms. The van der Waals surface area contributed by atoms with E-state index >= 15 is 0 Å². The molecule has 0 radical (unpaired) electrons. The van der Waals surface area contributed by atoms with Gasteiger partial charge in [-0.15, -0.1) is 0 Å². The van der Waals surface area contributed by atoms with Crippen molar-refractivity contribution >= 4 is 22.4 Å². The van der Waals surface area contributed by atoms with Crippen molar-refractivity contribution in [3.63, 3.8) is 0 Å². The van der Waals surface area contributed by atoms with Crippen LogP contribution in [0.2, 0.25) is 0 Å². The van der Waals surface area contributed by atoms with Crippen LogP contribution in [0, 0.1) is 0 Å². The van der Waals surface area contributed by atoms with Crippen LogP contribution in [0.4, 0.5) is 0 Å². The normalized spacial score (nSPS) is 17.6. The minimum Gasteiger partial charge on any atom is -0.361 e. The molecule has 4 nitrogen and oxygen atoms in total. The lowest BCUT2D eigenvalue weighted by molar-refractivity contribution is -0.127. The van der Waals surface area contributed by atoms with Gasteiger partial charge in [0.2, 0.25) is 5.91 Å². The number of carbonyl (C=O) groups is 1. The van der Waals surface area contributed by atoms with Crippen LogP contribution in [0.3, 0.4) is 0 Å². The molecule has 0 spiro atoms. The van der Waals surface area contributed by atoms with Gasteiger partial charge in [0.15, 0.2) is 0 Å². The molecule has 1 unspecified atom stereocenters. The molecule has 0 saturated heterocycles. The summed E-state index contributed by atoms with van der Waals surface area (Å²) < 4.78 is 0. The fourth-order valence-corrected chi connectivity index (χ4v) is 3.26. The maximum Gasteiger partial charge on any atom is 0.237 e. The smallest absolute Gasteiger partial charge is 0.237 e. The number of hydrogen-bond acceptors (Lipinski definition) is 2. The van der Waals surface area contributed by atoms with E-state index in [2.05, 4.69) is 51.7 Å². The second-order valence-electron chi connectivity index (χ2n) is 7.64. The second kappa shape index (κ2) is 6.44. The Morgan fingerprint density at radius 2 is 2.04 bits per heavy atom. The van der Waals surface area contributed by atoms with Gasteiger partial charge in [0, 0.05) is 41.3 Å². The van der Waals surface area contributed by atoms with Gasteiger partial charge in [-0.05, 0) is 45.8 Å². The van der Waals surface area contributed by atoms with Gasteiger partial charge in [0.05, 0.1) is 6.04 Å². The number of H-pyrrole nitrogens is 1. The Kier molecular flexibility index (Phi) is 4.50. The summed E-state index contributed by atoms with van der Waals surface area (Å²) in [5.74, 6) is 0.103. The lowest BCUT2D eigenvalue weighted by atomic mass is 9.98. The SMILES string of the molecule is CC(C(=O)NC(C)(C)C)N1CC=C(c2c[nH]c3ccccc23)CC1. The highest BCUT2D eigenvalue weighted by molar-refractivity contribution is 5.92. The minimum atomic E-state index is -0.188. The van der Waals surface area contributed by atoms with E-state index in [-0.39, 0.29) is 17.5 Å². The lowest BCUT2D eigenvalue weighted by Gasteiger charge is -2.33. The zero-order chi connectivity index (χ0) is 17.3. The molecule has 2 aromatic rings. The Bertz CT molecular complexity index is 767. The Hall–Kier alpha value is -2.07. The summed E-state index contributed by atoms with van der Waals surface area (Å²) in [7, 11) is 0. The van der Waals surface area contributed by atoms with Gasteiger partial charge in [-0.2, -0.15) is 0 Å². The van der Waals surface area contributed by atoms with Crippen LogP contribution in [0.1, 0.15) is 39.7 Å². The fraction of sp³-hybridized carbons (Fsp3) is 0.450.